The number of hydrogen-bond acceptors (Lipinski definition) is 2. The Hall–Kier alpha value is -3.29. The summed E-state index contributed by atoms with van der Waals surface area (Å²) >= 11 is 0. The van der Waals surface area contributed by atoms with Crippen molar-refractivity contribution in [3.63, 3.8) is 0 Å². The molecule has 26 heavy (non-hydrogen) atoms. The van der Waals surface area contributed by atoms with Crippen molar-refractivity contribution in [2.24, 2.45) is 5.73 Å². The number of carbonyl (C=O) groups excluding carboxylic acids is 2. The molecule has 2 aromatic carbocycles. The smallest absolute Gasteiger partial charge is 0.257 e. The van der Waals surface area contributed by atoms with Gasteiger partial charge < -0.3 is 16.0 Å². The molecule has 1 atom stereocenters. The molecule has 0 aliphatic rings. The van der Waals surface area contributed by atoms with Crippen molar-refractivity contribution in [1.29, 1.82) is 0 Å². The van der Waals surface area contributed by atoms with Crippen LogP contribution in [0.15, 0.2) is 42.6 Å². The third-order valence-corrected chi connectivity index (χ3v) is 3.98. The summed E-state index contributed by atoms with van der Waals surface area (Å²) in [5, 5.41) is 3.03. The van der Waals surface area contributed by atoms with E-state index in [2.05, 4.69) is 10.3 Å². The maximum atomic E-state index is 13.7. The van der Waals surface area contributed by atoms with E-state index >= 15 is 0 Å². The molecule has 3 aromatic rings. The zero-order valence-corrected chi connectivity index (χ0v) is 13.4. The van der Waals surface area contributed by atoms with E-state index in [1.807, 2.05) is 18.2 Å². The summed E-state index contributed by atoms with van der Waals surface area (Å²) < 4.78 is 40.4. The van der Waals surface area contributed by atoms with E-state index in [9.17, 15) is 22.8 Å². The Morgan fingerprint density at radius 2 is 1.77 bits per heavy atom. The first-order valence-corrected chi connectivity index (χ1v) is 7.66. The van der Waals surface area contributed by atoms with Crippen molar-refractivity contribution in [3.05, 3.63) is 71.2 Å². The number of carbonyl (C=O) groups is 2. The predicted molar refractivity (Wildman–Crippen MR) is 88.8 cm³/mol. The standard InChI is InChI=1S/C18H14F3N3O2/c19-10-6-12(20)16(13(21)7-10)18(26)24-15(17(22)25)5-9-8-23-14-4-2-1-3-11(9)14/h1-4,6-8,15,23H,5H2,(H2,22,25)(H,24,26)/t15-/m0/s1. The average molecular weight is 361 g/mol. The number of aromatic nitrogens is 1. The minimum Gasteiger partial charge on any atom is -0.368 e. The van der Waals surface area contributed by atoms with Gasteiger partial charge in [-0.25, -0.2) is 13.2 Å². The van der Waals surface area contributed by atoms with Gasteiger partial charge in [0.2, 0.25) is 5.91 Å². The highest BCUT2D eigenvalue weighted by atomic mass is 19.1. The number of amides is 2. The quantitative estimate of drug-likeness (QED) is 0.652. The molecule has 0 radical (unpaired) electrons. The summed E-state index contributed by atoms with van der Waals surface area (Å²) in [6.45, 7) is 0. The highest BCUT2D eigenvalue weighted by Crippen LogP contribution is 2.20. The van der Waals surface area contributed by atoms with Crippen molar-refractivity contribution in [3.8, 4) is 0 Å². The van der Waals surface area contributed by atoms with E-state index in [-0.39, 0.29) is 6.42 Å². The predicted octanol–water partition coefficient (Wildman–Crippen LogP) is 2.41. The third-order valence-electron chi connectivity index (χ3n) is 3.98. The molecular formula is C18H14F3N3O2. The highest BCUT2D eigenvalue weighted by Gasteiger charge is 2.25. The molecule has 8 heteroatoms. The molecule has 0 aliphatic heterocycles. The zero-order chi connectivity index (χ0) is 18.8. The van der Waals surface area contributed by atoms with Crippen LogP contribution in [0, 0.1) is 17.5 Å². The molecule has 5 nitrogen and oxygen atoms in total. The number of halogens is 3. The lowest BCUT2D eigenvalue weighted by Gasteiger charge is -2.16. The number of primary amides is 1. The molecule has 1 aromatic heterocycles. The molecule has 134 valence electrons. The maximum absolute atomic E-state index is 13.7. The molecule has 0 unspecified atom stereocenters. The average Bonchev–Trinajstić information content (AvgIpc) is 2.96. The van der Waals surface area contributed by atoms with Crippen LogP contribution in [0.1, 0.15) is 15.9 Å². The van der Waals surface area contributed by atoms with Gasteiger partial charge in [-0.05, 0) is 11.6 Å². The summed E-state index contributed by atoms with van der Waals surface area (Å²) in [5.74, 6) is -5.94. The Morgan fingerprint density at radius 1 is 1.12 bits per heavy atom. The number of H-pyrrole nitrogens is 1. The number of nitrogens with one attached hydrogen (secondary N) is 2. The van der Waals surface area contributed by atoms with E-state index in [0.717, 1.165) is 10.9 Å². The minimum atomic E-state index is -1.37. The van der Waals surface area contributed by atoms with E-state index in [4.69, 9.17) is 5.73 Å². The van der Waals surface area contributed by atoms with Crippen LogP contribution < -0.4 is 11.1 Å². The number of nitrogens with two attached hydrogens (primary N) is 1. The molecule has 4 N–H and O–H groups in total. The van der Waals surface area contributed by atoms with Crippen LogP contribution >= 0.6 is 0 Å². The molecule has 1 heterocycles. The fourth-order valence-corrected chi connectivity index (χ4v) is 2.73. The summed E-state index contributed by atoms with van der Waals surface area (Å²) in [4.78, 5) is 26.9. The van der Waals surface area contributed by atoms with Crippen molar-refractivity contribution < 1.29 is 22.8 Å². The molecule has 0 saturated heterocycles. The van der Waals surface area contributed by atoms with Gasteiger partial charge in [0, 0.05) is 35.7 Å². The molecule has 0 fully saturated rings. The van der Waals surface area contributed by atoms with Crippen molar-refractivity contribution >= 4 is 22.7 Å². The van der Waals surface area contributed by atoms with Crippen LogP contribution in [0.3, 0.4) is 0 Å². The second-order valence-corrected chi connectivity index (χ2v) is 5.74. The van der Waals surface area contributed by atoms with Gasteiger partial charge >= 0.3 is 0 Å². The van der Waals surface area contributed by atoms with Gasteiger partial charge in [0.15, 0.2) is 0 Å². The topological polar surface area (TPSA) is 88.0 Å². The number of fused-ring (bicyclic) bond motifs is 1. The monoisotopic (exact) mass is 361 g/mol. The lowest BCUT2D eigenvalue weighted by molar-refractivity contribution is -0.119. The van der Waals surface area contributed by atoms with Crippen LogP contribution in [-0.2, 0) is 11.2 Å². The maximum Gasteiger partial charge on any atom is 0.257 e. The van der Waals surface area contributed by atoms with E-state index < -0.39 is 40.9 Å². The van der Waals surface area contributed by atoms with Gasteiger partial charge in [-0.1, -0.05) is 18.2 Å². The minimum absolute atomic E-state index is 0.0233. The Labute approximate surface area is 146 Å². The number of hydrogen-bond donors (Lipinski definition) is 3. The lowest BCUT2D eigenvalue weighted by atomic mass is 10.0. The molecule has 0 aliphatic carbocycles. The second kappa shape index (κ2) is 6.91. The number of benzene rings is 2. The van der Waals surface area contributed by atoms with Crippen molar-refractivity contribution in [2.45, 2.75) is 12.5 Å². The first kappa shape index (κ1) is 17.5. The van der Waals surface area contributed by atoms with E-state index in [1.54, 1.807) is 12.3 Å². The SMILES string of the molecule is NC(=O)[C@H](Cc1c[nH]c2ccccc12)NC(=O)c1c(F)cc(F)cc1F. The molecule has 2 amide bonds. The number of para-hydroxylation sites is 1. The largest absolute Gasteiger partial charge is 0.368 e. The van der Waals surface area contributed by atoms with E-state index in [1.165, 1.54) is 0 Å². The normalized spacial score (nSPS) is 12.1. The number of rotatable bonds is 5. The molecule has 0 spiro atoms. The van der Waals surface area contributed by atoms with Crippen LogP contribution in [0.4, 0.5) is 13.2 Å². The van der Waals surface area contributed by atoms with Gasteiger partial charge in [0.1, 0.15) is 29.1 Å². The van der Waals surface area contributed by atoms with Crippen LogP contribution in [0.25, 0.3) is 10.9 Å². The van der Waals surface area contributed by atoms with E-state index in [0.29, 0.717) is 17.7 Å². The van der Waals surface area contributed by atoms with Crippen LogP contribution in [0.2, 0.25) is 0 Å². The highest BCUT2D eigenvalue weighted by molar-refractivity contribution is 5.98. The Morgan fingerprint density at radius 3 is 2.42 bits per heavy atom. The summed E-state index contributed by atoms with van der Waals surface area (Å²) in [6, 6.07) is 6.86. The first-order chi connectivity index (χ1) is 12.4. The fraction of sp³-hybridized carbons (Fsp3) is 0.111. The van der Waals surface area contributed by atoms with Gasteiger partial charge in [-0.3, -0.25) is 9.59 Å². The summed E-state index contributed by atoms with van der Waals surface area (Å²) in [6.07, 6.45) is 1.68. The molecular weight excluding hydrogens is 347 g/mol. The van der Waals surface area contributed by atoms with Crippen LogP contribution in [-0.4, -0.2) is 22.8 Å². The molecule has 0 bridgehead atoms. The fourth-order valence-electron chi connectivity index (χ4n) is 2.73. The first-order valence-electron chi connectivity index (χ1n) is 7.66. The summed E-state index contributed by atoms with van der Waals surface area (Å²) in [5.41, 5.74) is 5.86. The zero-order valence-electron chi connectivity index (χ0n) is 13.4. The third kappa shape index (κ3) is 3.39. The second-order valence-electron chi connectivity index (χ2n) is 5.74. The number of aromatic amines is 1. The van der Waals surface area contributed by atoms with Crippen LogP contribution in [0.5, 0.6) is 0 Å². The Bertz CT molecular complexity index is 977. The van der Waals surface area contributed by atoms with Gasteiger partial charge in [-0.2, -0.15) is 0 Å². The van der Waals surface area contributed by atoms with Gasteiger partial charge in [0.05, 0.1) is 0 Å². The van der Waals surface area contributed by atoms with Crippen molar-refractivity contribution in [1.82, 2.24) is 10.3 Å². The Kier molecular flexibility index (Phi) is 4.66. The molecule has 3 rings (SSSR count). The van der Waals surface area contributed by atoms with Crippen molar-refractivity contribution in [2.75, 3.05) is 0 Å². The van der Waals surface area contributed by atoms with Gasteiger partial charge in [-0.15, -0.1) is 0 Å². The molecule has 0 saturated carbocycles. The Balaban J connectivity index is 1.85. The van der Waals surface area contributed by atoms with Gasteiger partial charge in [0.25, 0.3) is 5.91 Å². The lowest BCUT2D eigenvalue weighted by Crippen LogP contribution is -2.46. The summed E-state index contributed by atoms with van der Waals surface area (Å²) in [7, 11) is 0.